The lowest BCUT2D eigenvalue weighted by atomic mass is 9.78. The lowest BCUT2D eigenvalue weighted by Gasteiger charge is -2.34. The van der Waals surface area contributed by atoms with Gasteiger partial charge in [-0.1, -0.05) is 79.8 Å². The fourth-order valence-electron chi connectivity index (χ4n) is 4.03. The maximum absolute atomic E-state index is 3.86. The van der Waals surface area contributed by atoms with Crippen LogP contribution in [0, 0.1) is 5.92 Å². The van der Waals surface area contributed by atoms with Crippen LogP contribution in [-0.2, 0) is 0 Å². The molecule has 3 atom stereocenters. The molecule has 1 heterocycles. The van der Waals surface area contributed by atoms with E-state index in [-0.39, 0.29) is 0 Å². The lowest BCUT2D eigenvalue weighted by molar-refractivity contribution is 0.566. The quantitative estimate of drug-likeness (QED) is 0.775. The van der Waals surface area contributed by atoms with Crippen molar-refractivity contribution in [1.29, 1.82) is 0 Å². The standard InChI is InChI=1S/C23H25N/c1-2-19-15-16-21(18-9-4-3-5-10-18)23(24-19)22-14-8-12-17-11-6-7-13-20(17)22/h3-9,11-13,15-16,18-19,22,24H,2,10,14H2,1H3. The summed E-state index contributed by atoms with van der Waals surface area (Å²) in [6.45, 7) is 2.25. The fraction of sp³-hybridized carbons (Fsp3) is 0.304. The van der Waals surface area contributed by atoms with Gasteiger partial charge in [0.15, 0.2) is 0 Å². The van der Waals surface area contributed by atoms with E-state index in [9.17, 15) is 0 Å². The van der Waals surface area contributed by atoms with Gasteiger partial charge >= 0.3 is 0 Å². The number of fused-ring (bicyclic) bond motifs is 1. The number of benzene rings is 1. The molecule has 1 heteroatoms. The molecule has 122 valence electrons. The molecule has 0 aromatic heterocycles. The van der Waals surface area contributed by atoms with Crippen LogP contribution in [0.2, 0.25) is 0 Å². The van der Waals surface area contributed by atoms with Crippen LogP contribution in [0.4, 0.5) is 0 Å². The van der Waals surface area contributed by atoms with E-state index in [2.05, 4.69) is 85.1 Å². The minimum absolute atomic E-state index is 0.444. The highest BCUT2D eigenvalue weighted by atomic mass is 14.9. The Morgan fingerprint density at radius 2 is 1.92 bits per heavy atom. The second-order valence-electron chi connectivity index (χ2n) is 6.86. The Hall–Kier alpha value is -2.28. The van der Waals surface area contributed by atoms with Gasteiger partial charge in [-0.3, -0.25) is 0 Å². The van der Waals surface area contributed by atoms with Gasteiger partial charge in [0.25, 0.3) is 0 Å². The van der Waals surface area contributed by atoms with Gasteiger partial charge in [-0.25, -0.2) is 0 Å². The topological polar surface area (TPSA) is 12.0 Å². The summed E-state index contributed by atoms with van der Waals surface area (Å²) in [6, 6.07) is 9.29. The van der Waals surface area contributed by atoms with Gasteiger partial charge in [0.1, 0.15) is 0 Å². The van der Waals surface area contributed by atoms with Crippen LogP contribution in [0.25, 0.3) is 6.08 Å². The average Bonchev–Trinajstić information content (AvgIpc) is 2.68. The van der Waals surface area contributed by atoms with Crippen molar-refractivity contribution in [2.24, 2.45) is 5.92 Å². The van der Waals surface area contributed by atoms with E-state index >= 15 is 0 Å². The summed E-state index contributed by atoms with van der Waals surface area (Å²) in [7, 11) is 0. The van der Waals surface area contributed by atoms with Crippen LogP contribution in [0.1, 0.15) is 43.2 Å². The largest absolute Gasteiger partial charge is 0.381 e. The minimum Gasteiger partial charge on any atom is -0.381 e. The zero-order chi connectivity index (χ0) is 16.4. The Morgan fingerprint density at radius 1 is 1.00 bits per heavy atom. The highest BCUT2D eigenvalue weighted by Crippen LogP contribution is 2.39. The van der Waals surface area contributed by atoms with Crippen LogP contribution < -0.4 is 5.32 Å². The van der Waals surface area contributed by atoms with Gasteiger partial charge in [-0.15, -0.1) is 0 Å². The third-order valence-corrected chi connectivity index (χ3v) is 5.37. The average molecular weight is 315 g/mol. The van der Waals surface area contributed by atoms with Crippen LogP contribution >= 0.6 is 0 Å². The Bertz CT molecular complexity index is 760. The van der Waals surface area contributed by atoms with E-state index in [1.54, 1.807) is 0 Å². The first-order valence-corrected chi connectivity index (χ1v) is 9.14. The third kappa shape index (κ3) is 2.80. The Balaban J connectivity index is 1.77. The monoisotopic (exact) mass is 315 g/mol. The molecule has 1 nitrogen and oxygen atoms in total. The maximum Gasteiger partial charge on any atom is 0.0442 e. The van der Waals surface area contributed by atoms with E-state index in [0.717, 1.165) is 19.3 Å². The predicted octanol–water partition coefficient (Wildman–Crippen LogP) is 5.51. The number of nitrogens with one attached hydrogen (secondary N) is 1. The molecule has 3 unspecified atom stereocenters. The molecule has 0 spiro atoms. The van der Waals surface area contributed by atoms with Crippen LogP contribution in [0.5, 0.6) is 0 Å². The molecule has 0 radical (unpaired) electrons. The minimum atomic E-state index is 0.444. The molecular formula is C23H25N. The maximum atomic E-state index is 3.86. The molecule has 4 rings (SSSR count). The number of rotatable bonds is 3. The summed E-state index contributed by atoms with van der Waals surface area (Å²) in [5.41, 5.74) is 5.73. The molecule has 1 aromatic rings. The van der Waals surface area contributed by atoms with Gasteiger partial charge in [-0.05, 0) is 36.0 Å². The number of allylic oxidation sites excluding steroid dienone is 8. The van der Waals surface area contributed by atoms with Gasteiger partial charge in [0.05, 0.1) is 0 Å². The summed E-state index contributed by atoms with van der Waals surface area (Å²) < 4.78 is 0. The summed E-state index contributed by atoms with van der Waals surface area (Å²) in [5.74, 6) is 0.934. The van der Waals surface area contributed by atoms with E-state index in [1.807, 2.05) is 0 Å². The molecule has 0 saturated heterocycles. The first-order valence-electron chi connectivity index (χ1n) is 9.14. The number of hydrogen-bond acceptors (Lipinski definition) is 1. The molecular weight excluding hydrogens is 290 g/mol. The normalized spacial score (nSPS) is 28.0. The van der Waals surface area contributed by atoms with Crippen molar-refractivity contribution in [3.63, 3.8) is 0 Å². The molecule has 24 heavy (non-hydrogen) atoms. The van der Waals surface area contributed by atoms with Crippen molar-refractivity contribution in [3.8, 4) is 0 Å². The zero-order valence-corrected chi connectivity index (χ0v) is 14.3. The lowest BCUT2D eigenvalue weighted by Crippen LogP contribution is -2.34. The highest BCUT2D eigenvalue weighted by molar-refractivity contribution is 5.60. The molecule has 0 bridgehead atoms. The zero-order valence-electron chi connectivity index (χ0n) is 14.3. The molecule has 2 aliphatic carbocycles. The summed E-state index contributed by atoms with van der Waals surface area (Å²) in [5, 5.41) is 3.86. The van der Waals surface area contributed by atoms with E-state index in [0.29, 0.717) is 17.9 Å². The highest BCUT2D eigenvalue weighted by Gasteiger charge is 2.28. The van der Waals surface area contributed by atoms with E-state index < -0.39 is 0 Å². The summed E-state index contributed by atoms with van der Waals surface area (Å²) >= 11 is 0. The molecule has 1 aliphatic heterocycles. The third-order valence-electron chi connectivity index (χ3n) is 5.37. The summed E-state index contributed by atoms with van der Waals surface area (Å²) in [6.07, 6.45) is 21.6. The van der Waals surface area contributed by atoms with Crippen LogP contribution in [0.15, 0.2) is 78.1 Å². The molecule has 1 aromatic carbocycles. The smallest absolute Gasteiger partial charge is 0.0442 e. The van der Waals surface area contributed by atoms with Crippen molar-refractivity contribution in [1.82, 2.24) is 5.32 Å². The number of hydrogen-bond donors (Lipinski definition) is 1. The first-order chi connectivity index (χ1) is 11.9. The molecule has 0 fully saturated rings. The summed E-state index contributed by atoms with van der Waals surface area (Å²) in [4.78, 5) is 0. The van der Waals surface area contributed by atoms with E-state index in [1.165, 1.54) is 22.4 Å². The van der Waals surface area contributed by atoms with Crippen molar-refractivity contribution >= 4 is 6.08 Å². The number of dihydropyridines is 1. The van der Waals surface area contributed by atoms with E-state index in [4.69, 9.17) is 0 Å². The Morgan fingerprint density at radius 3 is 2.75 bits per heavy atom. The van der Waals surface area contributed by atoms with Crippen molar-refractivity contribution in [3.05, 3.63) is 89.2 Å². The van der Waals surface area contributed by atoms with Gasteiger partial charge in [-0.2, -0.15) is 0 Å². The van der Waals surface area contributed by atoms with Gasteiger partial charge < -0.3 is 5.32 Å². The van der Waals surface area contributed by atoms with Crippen molar-refractivity contribution < 1.29 is 0 Å². The van der Waals surface area contributed by atoms with Crippen LogP contribution in [-0.4, -0.2) is 6.04 Å². The molecule has 0 amide bonds. The molecule has 1 N–H and O–H groups in total. The fourth-order valence-corrected chi connectivity index (χ4v) is 4.03. The van der Waals surface area contributed by atoms with Gasteiger partial charge in [0, 0.05) is 23.6 Å². The second-order valence-corrected chi connectivity index (χ2v) is 6.86. The Labute approximate surface area is 145 Å². The molecule has 3 aliphatic rings. The SMILES string of the molecule is CCC1C=CC(C2C=CC=CC2)=C(C2CC=Cc3ccccc32)N1. The molecule has 0 saturated carbocycles. The van der Waals surface area contributed by atoms with Gasteiger partial charge in [0.2, 0.25) is 0 Å². The second kappa shape index (κ2) is 6.68. The van der Waals surface area contributed by atoms with Crippen molar-refractivity contribution in [2.45, 2.75) is 38.1 Å². The first kappa shape index (κ1) is 15.3. The Kier molecular flexibility index (Phi) is 4.25. The predicted molar refractivity (Wildman–Crippen MR) is 103 cm³/mol. The van der Waals surface area contributed by atoms with Crippen molar-refractivity contribution in [2.75, 3.05) is 0 Å². The van der Waals surface area contributed by atoms with Crippen LogP contribution in [0.3, 0.4) is 0 Å².